The van der Waals surface area contributed by atoms with Crippen molar-refractivity contribution in [3.05, 3.63) is 59.8 Å². The fraction of sp³-hybridized carbons (Fsp3) is 0.238. The smallest absolute Gasteiger partial charge is 0.167 e. The molecule has 0 amide bonds. The number of halogens is 1. The molecule has 0 atom stereocenters. The fourth-order valence-corrected chi connectivity index (χ4v) is 2.68. The first-order valence-corrected chi connectivity index (χ1v) is 8.52. The third-order valence-electron chi connectivity index (χ3n) is 3.98. The Bertz CT molecular complexity index is 957. The lowest BCUT2D eigenvalue weighted by atomic mass is 10.1. The molecule has 5 nitrogen and oxygen atoms in total. The number of nitrogens with zero attached hydrogens (tertiary/aromatic N) is 3. The van der Waals surface area contributed by atoms with Gasteiger partial charge >= 0.3 is 0 Å². The Morgan fingerprint density at radius 3 is 2.70 bits per heavy atom. The Hall–Kier alpha value is -2.81. The number of para-hydroxylation sites is 2. The number of aromatic nitrogens is 1. The third kappa shape index (κ3) is 5.10. The number of allylic oxidation sites excluding steroid dienone is 1. The minimum absolute atomic E-state index is 0. The minimum Gasteiger partial charge on any atom is -0.493 e. The molecule has 0 aliphatic carbocycles. The molecule has 0 aliphatic rings. The molecule has 140 valence electrons. The van der Waals surface area contributed by atoms with E-state index in [1.54, 1.807) is 6.08 Å². The lowest BCUT2D eigenvalue weighted by molar-refractivity contribution is 0.281. The summed E-state index contributed by atoms with van der Waals surface area (Å²) in [6, 6.07) is 17.4. The topological polar surface area (TPSA) is 62.3 Å². The molecular formula is C21H22ClN3O2. The van der Waals surface area contributed by atoms with Crippen LogP contribution in [0.15, 0.2) is 53.1 Å². The van der Waals surface area contributed by atoms with Gasteiger partial charge in [-0.3, -0.25) is 0 Å². The fourth-order valence-electron chi connectivity index (χ4n) is 2.68. The zero-order chi connectivity index (χ0) is 18.4. The zero-order valence-corrected chi connectivity index (χ0v) is 16.2. The first-order chi connectivity index (χ1) is 12.7. The number of fused-ring (bicyclic) bond motifs is 1. The highest BCUT2D eigenvalue weighted by atomic mass is 35.5. The van der Waals surface area contributed by atoms with Crippen molar-refractivity contribution in [3.63, 3.8) is 0 Å². The summed E-state index contributed by atoms with van der Waals surface area (Å²) < 4.78 is 11.2. The molecule has 3 rings (SSSR count). The summed E-state index contributed by atoms with van der Waals surface area (Å²) in [7, 11) is 4.08. The lowest BCUT2D eigenvalue weighted by Crippen LogP contribution is -2.15. The van der Waals surface area contributed by atoms with Crippen LogP contribution in [0.5, 0.6) is 5.75 Å². The molecule has 0 aliphatic heterocycles. The molecule has 0 N–H and O–H groups in total. The molecular weight excluding hydrogens is 362 g/mol. The molecule has 6 heteroatoms. The second-order valence-corrected chi connectivity index (χ2v) is 6.24. The van der Waals surface area contributed by atoms with Crippen molar-refractivity contribution in [2.75, 3.05) is 27.2 Å². The van der Waals surface area contributed by atoms with Crippen molar-refractivity contribution in [1.82, 2.24) is 10.1 Å². The monoisotopic (exact) mass is 383 g/mol. The van der Waals surface area contributed by atoms with E-state index < -0.39 is 0 Å². The molecule has 1 heterocycles. The summed E-state index contributed by atoms with van der Waals surface area (Å²) >= 11 is 0. The average Bonchev–Trinajstić information content (AvgIpc) is 3.08. The third-order valence-corrected chi connectivity index (χ3v) is 3.98. The maximum absolute atomic E-state index is 9.64. The van der Waals surface area contributed by atoms with E-state index in [-0.39, 0.29) is 12.4 Å². The number of ether oxygens (including phenoxy) is 1. The van der Waals surface area contributed by atoms with Crippen molar-refractivity contribution in [1.29, 1.82) is 5.26 Å². The summed E-state index contributed by atoms with van der Waals surface area (Å²) in [5.41, 5.74) is 2.50. The summed E-state index contributed by atoms with van der Waals surface area (Å²) in [5.74, 6) is 0.756. The quantitative estimate of drug-likeness (QED) is 0.439. The SMILES string of the molecule is CN(C)CCCOc1ccccc1/C=C(\C#N)c1noc2ccccc12.Cl. The molecule has 0 saturated heterocycles. The zero-order valence-electron chi connectivity index (χ0n) is 15.4. The standard InChI is InChI=1S/C21H21N3O2.ClH/c1-24(2)12-7-13-25-19-10-5-3-8-16(19)14-17(15-22)21-18-9-4-6-11-20(18)26-23-21;/h3-6,8-11,14H,7,12-13H2,1-2H3;1H/b17-14+;. The van der Waals surface area contributed by atoms with Gasteiger partial charge in [-0.1, -0.05) is 35.5 Å². The highest BCUT2D eigenvalue weighted by Gasteiger charge is 2.13. The van der Waals surface area contributed by atoms with Crippen LogP contribution in [0.3, 0.4) is 0 Å². The van der Waals surface area contributed by atoms with E-state index in [1.165, 1.54) is 0 Å². The van der Waals surface area contributed by atoms with Crippen LogP contribution in [-0.2, 0) is 0 Å². The van der Waals surface area contributed by atoms with Gasteiger partial charge in [0, 0.05) is 12.1 Å². The highest BCUT2D eigenvalue weighted by Crippen LogP contribution is 2.28. The Morgan fingerprint density at radius 1 is 1.19 bits per heavy atom. The molecule has 3 aromatic rings. The first kappa shape index (κ1) is 20.5. The second kappa shape index (κ2) is 9.77. The minimum atomic E-state index is 0. The van der Waals surface area contributed by atoms with Crippen LogP contribution in [0.25, 0.3) is 22.6 Å². The van der Waals surface area contributed by atoms with Gasteiger partial charge in [0.2, 0.25) is 0 Å². The van der Waals surface area contributed by atoms with E-state index >= 15 is 0 Å². The number of hydrogen-bond donors (Lipinski definition) is 0. The number of hydrogen-bond acceptors (Lipinski definition) is 5. The largest absolute Gasteiger partial charge is 0.493 e. The van der Waals surface area contributed by atoms with E-state index in [0.717, 1.165) is 29.7 Å². The molecule has 27 heavy (non-hydrogen) atoms. The molecule has 0 spiro atoms. The second-order valence-electron chi connectivity index (χ2n) is 6.24. The molecule has 0 unspecified atom stereocenters. The normalized spacial score (nSPS) is 11.3. The van der Waals surface area contributed by atoms with Gasteiger partial charge in [-0.2, -0.15) is 5.26 Å². The van der Waals surface area contributed by atoms with Crippen LogP contribution >= 0.6 is 12.4 Å². The molecule has 0 saturated carbocycles. The summed E-state index contributed by atoms with van der Waals surface area (Å²) in [4.78, 5) is 2.12. The number of rotatable bonds is 7. The van der Waals surface area contributed by atoms with Gasteiger partial charge in [0.15, 0.2) is 5.58 Å². The van der Waals surface area contributed by atoms with Crippen molar-refractivity contribution in [3.8, 4) is 11.8 Å². The van der Waals surface area contributed by atoms with Crippen LogP contribution in [0.2, 0.25) is 0 Å². The van der Waals surface area contributed by atoms with Gasteiger partial charge in [0.1, 0.15) is 17.5 Å². The Balaban J connectivity index is 0.00000261. The first-order valence-electron chi connectivity index (χ1n) is 8.52. The summed E-state index contributed by atoms with van der Waals surface area (Å²) in [6.45, 7) is 1.59. The van der Waals surface area contributed by atoms with E-state index in [0.29, 0.717) is 23.5 Å². The van der Waals surface area contributed by atoms with Gasteiger partial charge in [0.05, 0.1) is 17.6 Å². The predicted molar refractivity (Wildman–Crippen MR) is 110 cm³/mol. The van der Waals surface area contributed by atoms with Gasteiger partial charge < -0.3 is 14.2 Å². The number of benzene rings is 2. The van der Waals surface area contributed by atoms with Gasteiger partial charge in [-0.25, -0.2) is 0 Å². The van der Waals surface area contributed by atoms with E-state index in [4.69, 9.17) is 9.26 Å². The molecule has 0 radical (unpaired) electrons. The van der Waals surface area contributed by atoms with Crippen LogP contribution in [0, 0.1) is 11.3 Å². The van der Waals surface area contributed by atoms with Crippen molar-refractivity contribution in [2.24, 2.45) is 0 Å². The van der Waals surface area contributed by atoms with Crippen LogP contribution < -0.4 is 4.74 Å². The van der Waals surface area contributed by atoms with E-state index in [1.807, 2.05) is 62.6 Å². The lowest BCUT2D eigenvalue weighted by Gasteiger charge is -2.12. The van der Waals surface area contributed by atoms with Gasteiger partial charge in [0.25, 0.3) is 0 Å². The average molecular weight is 384 g/mol. The van der Waals surface area contributed by atoms with Gasteiger partial charge in [-0.15, -0.1) is 12.4 Å². The number of nitriles is 1. The maximum atomic E-state index is 9.64. The van der Waals surface area contributed by atoms with Crippen molar-refractivity contribution < 1.29 is 9.26 Å². The maximum Gasteiger partial charge on any atom is 0.167 e. The van der Waals surface area contributed by atoms with Crippen molar-refractivity contribution >= 4 is 35.0 Å². The molecule has 2 aromatic carbocycles. The van der Waals surface area contributed by atoms with Crippen LogP contribution in [0.1, 0.15) is 17.7 Å². The predicted octanol–water partition coefficient (Wildman–Crippen LogP) is 4.64. The molecule has 0 fully saturated rings. The van der Waals surface area contributed by atoms with Crippen molar-refractivity contribution in [2.45, 2.75) is 6.42 Å². The molecule has 1 aromatic heterocycles. The van der Waals surface area contributed by atoms with E-state index in [9.17, 15) is 5.26 Å². The summed E-state index contributed by atoms with van der Waals surface area (Å²) in [6.07, 6.45) is 2.73. The van der Waals surface area contributed by atoms with E-state index in [2.05, 4.69) is 16.1 Å². The Labute approximate surface area is 165 Å². The molecule has 0 bridgehead atoms. The Morgan fingerprint density at radius 2 is 1.93 bits per heavy atom. The van der Waals surface area contributed by atoms with Crippen LogP contribution in [0.4, 0.5) is 0 Å². The Kier molecular flexibility index (Phi) is 7.42. The summed E-state index contributed by atoms with van der Waals surface area (Å²) in [5, 5.41) is 14.5. The van der Waals surface area contributed by atoms with Gasteiger partial charge in [-0.05, 0) is 44.8 Å². The van der Waals surface area contributed by atoms with Crippen LogP contribution in [-0.4, -0.2) is 37.3 Å². The highest BCUT2D eigenvalue weighted by molar-refractivity contribution is 5.99.